The summed E-state index contributed by atoms with van der Waals surface area (Å²) in [6.07, 6.45) is 5.08. The Balaban J connectivity index is 0. The van der Waals surface area contributed by atoms with E-state index in [4.69, 9.17) is 5.73 Å². The van der Waals surface area contributed by atoms with Gasteiger partial charge in [-0.1, -0.05) is 68.6 Å². The van der Waals surface area contributed by atoms with Crippen LogP contribution >= 0.6 is 15.9 Å². The van der Waals surface area contributed by atoms with Crippen molar-refractivity contribution in [2.75, 3.05) is 0 Å². The van der Waals surface area contributed by atoms with E-state index in [1.54, 1.807) is 0 Å². The van der Waals surface area contributed by atoms with Gasteiger partial charge in [-0.15, -0.1) is 0 Å². The highest BCUT2D eigenvalue weighted by Gasteiger charge is 2.25. The Labute approximate surface area is 122 Å². The molecule has 18 heavy (non-hydrogen) atoms. The van der Waals surface area contributed by atoms with Crippen LogP contribution in [0, 0.1) is 11.8 Å². The van der Waals surface area contributed by atoms with Gasteiger partial charge >= 0.3 is 0 Å². The minimum Gasteiger partial charge on any atom is -0.369 e. The monoisotopic (exact) mass is 319 g/mol. The standard InChI is InChI=1S/C13H24BrNO.C2H6/c1-5-9(4)8-10(6-2)12(14)11(7-3)13(15)16;1-2/h6,9,11-12H,5,7-8H2,1-4H3,(H2,15,16);1-2H3/b10-6+;. The van der Waals surface area contributed by atoms with Crippen molar-refractivity contribution in [2.45, 2.75) is 65.6 Å². The molecule has 0 aromatic rings. The minimum absolute atomic E-state index is 0.0917. The number of halogens is 1. The second-order valence-electron chi connectivity index (χ2n) is 4.40. The van der Waals surface area contributed by atoms with E-state index < -0.39 is 0 Å². The lowest BCUT2D eigenvalue weighted by molar-refractivity contribution is -0.121. The first-order chi connectivity index (χ1) is 8.47. The zero-order valence-electron chi connectivity index (χ0n) is 12.8. The molecule has 0 saturated carbocycles. The maximum Gasteiger partial charge on any atom is 0.221 e. The summed E-state index contributed by atoms with van der Waals surface area (Å²) in [4.78, 5) is 11.4. The summed E-state index contributed by atoms with van der Waals surface area (Å²) < 4.78 is 0. The lowest BCUT2D eigenvalue weighted by Crippen LogP contribution is -2.31. The molecular weight excluding hydrogens is 290 g/mol. The third-order valence-electron chi connectivity index (χ3n) is 3.16. The first kappa shape index (κ1) is 20.0. The Morgan fingerprint density at radius 1 is 1.28 bits per heavy atom. The van der Waals surface area contributed by atoms with Gasteiger partial charge in [0.1, 0.15) is 0 Å². The fraction of sp³-hybridized carbons (Fsp3) is 0.800. The van der Waals surface area contributed by atoms with Crippen LogP contribution in [0.2, 0.25) is 0 Å². The average molecular weight is 320 g/mol. The zero-order valence-corrected chi connectivity index (χ0v) is 14.4. The molecule has 0 radical (unpaired) electrons. The van der Waals surface area contributed by atoms with Gasteiger partial charge in [0.25, 0.3) is 0 Å². The molecular formula is C15H30BrNO. The van der Waals surface area contributed by atoms with Crippen LogP contribution in [0.25, 0.3) is 0 Å². The van der Waals surface area contributed by atoms with Crippen LogP contribution in [0.3, 0.4) is 0 Å². The number of allylic oxidation sites excluding steroid dienone is 2. The number of carbonyl (C=O) groups is 1. The van der Waals surface area contributed by atoms with Gasteiger partial charge in [0, 0.05) is 4.83 Å². The Hall–Kier alpha value is -0.310. The van der Waals surface area contributed by atoms with E-state index in [9.17, 15) is 4.79 Å². The molecule has 3 atom stereocenters. The van der Waals surface area contributed by atoms with Crippen LogP contribution in [0.4, 0.5) is 0 Å². The number of primary amides is 1. The fourth-order valence-corrected chi connectivity index (χ4v) is 2.83. The van der Waals surface area contributed by atoms with E-state index in [0.29, 0.717) is 5.92 Å². The SMILES string of the molecule is C/C=C(\CC(C)CC)C(Br)C(CC)C(N)=O.CC. The molecule has 0 heterocycles. The van der Waals surface area contributed by atoms with E-state index in [-0.39, 0.29) is 16.7 Å². The first-order valence-electron chi connectivity index (χ1n) is 7.06. The average Bonchev–Trinajstić information content (AvgIpc) is 2.38. The highest BCUT2D eigenvalue weighted by Crippen LogP contribution is 2.29. The number of carbonyl (C=O) groups excluding carboxylic acids is 1. The molecule has 0 spiro atoms. The number of rotatable bonds is 7. The van der Waals surface area contributed by atoms with Gasteiger partial charge in [-0.05, 0) is 25.7 Å². The van der Waals surface area contributed by atoms with E-state index >= 15 is 0 Å². The molecule has 2 N–H and O–H groups in total. The lowest BCUT2D eigenvalue weighted by Gasteiger charge is -2.23. The first-order valence-corrected chi connectivity index (χ1v) is 7.97. The second-order valence-corrected chi connectivity index (χ2v) is 5.39. The largest absolute Gasteiger partial charge is 0.369 e. The molecule has 0 saturated heterocycles. The summed E-state index contributed by atoms with van der Waals surface area (Å²) in [6.45, 7) is 12.4. The number of amides is 1. The van der Waals surface area contributed by atoms with Crippen molar-refractivity contribution in [3.63, 3.8) is 0 Å². The molecule has 3 heteroatoms. The fourth-order valence-electron chi connectivity index (χ4n) is 1.75. The summed E-state index contributed by atoms with van der Waals surface area (Å²) in [5.74, 6) is 0.333. The third-order valence-corrected chi connectivity index (χ3v) is 4.39. The van der Waals surface area contributed by atoms with Gasteiger partial charge in [-0.25, -0.2) is 0 Å². The summed E-state index contributed by atoms with van der Waals surface area (Å²) in [5.41, 5.74) is 6.70. The molecule has 0 aromatic carbocycles. The van der Waals surface area contributed by atoms with Crippen molar-refractivity contribution in [1.29, 1.82) is 0 Å². The summed E-state index contributed by atoms with van der Waals surface area (Å²) in [5, 5.41) is 0. The summed E-state index contributed by atoms with van der Waals surface area (Å²) in [7, 11) is 0. The predicted octanol–water partition coefficient (Wildman–Crippen LogP) is 4.67. The molecule has 0 rings (SSSR count). The van der Waals surface area contributed by atoms with Crippen LogP contribution in [0.5, 0.6) is 0 Å². The highest BCUT2D eigenvalue weighted by atomic mass is 79.9. The van der Waals surface area contributed by atoms with Gasteiger partial charge in [0.15, 0.2) is 0 Å². The van der Waals surface area contributed by atoms with Crippen LogP contribution in [-0.2, 0) is 4.79 Å². The molecule has 0 aromatic heterocycles. The smallest absolute Gasteiger partial charge is 0.221 e. The van der Waals surface area contributed by atoms with Crippen LogP contribution in [-0.4, -0.2) is 10.7 Å². The van der Waals surface area contributed by atoms with Gasteiger partial charge in [0.2, 0.25) is 5.91 Å². The van der Waals surface area contributed by atoms with Crippen molar-refractivity contribution < 1.29 is 4.79 Å². The molecule has 0 aliphatic carbocycles. The molecule has 2 nitrogen and oxygen atoms in total. The zero-order chi connectivity index (χ0) is 14.7. The molecule has 0 aliphatic rings. The summed E-state index contributed by atoms with van der Waals surface area (Å²) >= 11 is 3.62. The number of nitrogens with two attached hydrogens (primary N) is 1. The van der Waals surface area contributed by atoms with Gasteiger partial charge in [-0.2, -0.15) is 0 Å². The Morgan fingerprint density at radius 2 is 1.78 bits per heavy atom. The van der Waals surface area contributed by atoms with Crippen LogP contribution in [0.15, 0.2) is 11.6 Å². The number of alkyl halides is 1. The topological polar surface area (TPSA) is 43.1 Å². The Bertz CT molecular complexity index is 251. The number of hydrogen-bond donors (Lipinski definition) is 1. The predicted molar refractivity (Wildman–Crippen MR) is 84.9 cm³/mol. The van der Waals surface area contributed by atoms with Crippen molar-refractivity contribution in [3.8, 4) is 0 Å². The minimum atomic E-state index is -0.215. The maximum absolute atomic E-state index is 11.3. The van der Waals surface area contributed by atoms with Gasteiger partial charge in [-0.3, -0.25) is 4.79 Å². The molecule has 0 fully saturated rings. The van der Waals surface area contributed by atoms with Gasteiger partial charge < -0.3 is 5.73 Å². The molecule has 108 valence electrons. The Kier molecular flexibility index (Phi) is 13.1. The second kappa shape index (κ2) is 11.8. The molecule has 1 amide bonds. The van der Waals surface area contributed by atoms with Crippen molar-refractivity contribution in [3.05, 3.63) is 11.6 Å². The van der Waals surface area contributed by atoms with Gasteiger partial charge in [0.05, 0.1) is 5.92 Å². The van der Waals surface area contributed by atoms with E-state index in [1.807, 2.05) is 27.7 Å². The van der Waals surface area contributed by atoms with Crippen molar-refractivity contribution in [2.24, 2.45) is 17.6 Å². The van der Waals surface area contributed by atoms with Crippen LogP contribution in [0.1, 0.15) is 60.8 Å². The van der Waals surface area contributed by atoms with Crippen molar-refractivity contribution >= 4 is 21.8 Å². The van der Waals surface area contributed by atoms with Crippen molar-refractivity contribution in [1.82, 2.24) is 0 Å². The molecule has 0 bridgehead atoms. The van der Waals surface area contributed by atoms with Crippen LogP contribution < -0.4 is 5.73 Å². The van der Waals surface area contributed by atoms with E-state index in [2.05, 4.69) is 35.9 Å². The lowest BCUT2D eigenvalue weighted by atomic mass is 9.89. The van der Waals surface area contributed by atoms with E-state index in [0.717, 1.165) is 19.3 Å². The normalized spacial score (nSPS) is 16.3. The maximum atomic E-state index is 11.3. The highest BCUT2D eigenvalue weighted by molar-refractivity contribution is 9.09. The third kappa shape index (κ3) is 7.20. The molecule has 0 aliphatic heterocycles. The molecule has 3 unspecified atom stereocenters. The number of hydrogen-bond acceptors (Lipinski definition) is 1. The van der Waals surface area contributed by atoms with E-state index in [1.165, 1.54) is 5.57 Å². The summed E-state index contributed by atoms with van der Waals surface area (Å²) in [6, 6.07) is 0. The quantitative estimate of drug-likeness (QED) is 0.537. The Morgan fingerprint density at radius 3 is 2.06 bits per heavy atom.